The van der Waals surface area contributed by atoms with Gasteiger partial charge in [0.15, 0.2) is 5.92 Å². The van der Waals surface area contributed by atoms with E-state index in [0.717, 1.165) is 12.1 Å². The second kappa shape index (κ2) is 6.75. The maximum Gasteiger partial charge on any atom is 0.402 e. The molecule has 0 aliphatic carbocycles. The van der Waals surface area contributed by atoms with E-state index in [-0.39, 0.29) is 4.34 Å². The number of halogens is 7. The number of alkyl halides is 6. The molecule has 0 aliphatic heterocycles. The van der Waals surface area contributed by atoms with Gasteiger partial charge in [-0.25, -0.2) is 13.1 Å². The van der Waals surface area contributed by atoms with Crippen LogP contribution in [0.25, 0.3) is 0 Å². The number of nitrogens with one attached hydrogen (secondary N) is 1. The van der Waals surface area contributed by atoms with Crippen molar-refractivity contribution in [2.24, 2.45) is 5.92 Å². The van der Waals surface area contributed by atoms with Gasteiger partial charge in [-0.15, -0.1) is 11.3 Å². The van der Waals surface area contributed by atoms with Crippen molar-refractivity contribution in [2.75, 3.05) is 0 Å². The highest BCUT2D eigenvalue weighted by Crippen LogP contribution is 2.42. The molecule has 0 saturated heterocycles. The van der Waals surface area contributed by atoms with Gasteiger partial charge in [-0.3, -0.25) is 0 Å². The Hall–Kier alpha value is -0.560. The average Bonchev–Trinajstić information content (AvgIpc) is 2.71. The van der Waals surface area contributed by atoms with E-state index in [1.165, 1.54) is 4.72 Å². The van der Waals surface area contributed by atoms with Crippen molar-refractivity contribution >= 4 is 33.0 Å². The smallest absolute Gasteiger partial charge is 0.392 e. The normalized spacial score (nSPS) is 16.6. The summed E-state index contributed by atoms with van der Waals surface area (Å²) in [6.07, 6.45) is -13.9. The fraction of sp³-hybridized carbons (Fsp3) is 0.600. The fourth-order valence-electron chi connectivity index (χ4n) is 1.72. The Balaban J connectivity index is 3.26. The van der Waals surface area contributed by atoms with Gasteiger partial charge in [-0.05, 0) is 19.1 Å². The Bertz CT molecular complexity index is 626. The topological polar surface area (TPSA) is 66.4 Å². The number of aliphatic hydroxyl groups excluding tert-OH is 1. The molecule has 4 nitrogen and oxygen atoms in total. The van der Waals surface area contributed by atoms with E-state index >= 15 is 0 Å². The van der Waals surface area contributed by atoms with Crippen LogP contribution in [0.2, 0.25) is 4.34 Å². The summed E-state index contributed by atoms with van der Waals surface area (Å²) in [4.78, 5) is 0. The minimum atomic E-state index is -5.81. The molecular formula is C10H10ClF6NO3S2. The Kier molecular flexibility index (Phi) is 6.01. The summed E-state index contributed by atoms with van der Waals surface area (Å²) in [5, 5.41) is 9.28. The van der Waals surface area contributed by atoms with E-state index in [1.807, 2.05) is 0 Å². The van der Waals surface area contributed by atoms with Gasteiger partial charge in [-0.1, -0.05) is 11.6 Å². The predicted molar refractivity (Wildman–Crippen MR) is 70.7 cm³/mol. The minimum absolute atomic E-state index is 0.0258. The third kappa shape index (κ3) is 5.21. The molecule has 0 radical (unpaired) electrons. The number of sulfonamides is 1. The highest BCUT2D eigenvalue weighted by Gasteiger charge is 2.61. The Morgan fingerprint density at radius 2 is 1.65 bits per heavy atom. The summed E-state index contributed by atoms with van der Waals surface area (Å²) < 4.78 is 101. The van der Waals surface area contributed by atoms with E-state index < -0.39 is 44.6 Å². The van der Waals surface area contributed by atoms with Crippen molar-refractivity contribution in [2.45, 2.75) is 35.6 Å². The van der Waals surface area contributed by atoms with Crippen LogP contribution in [0.3, 0.4) is 0 Å². The molecule has 134 valence electrons. The maximum atomic E-state index is 12.7. The second-order valence-electron chi connectivity index (χ2n) is 4.51. The van der Waals surface area contributed by atoms with Crippen LogP contribution in [-0.2, 0) is 10.0 Å². The van der Waals surface area contributed by atoms with Gasteiger partial charge in [0.05, 0.1) is 16.5 Å². The van der Waals surface area contributed by atoms with E-state index in [0.29, 0.717) is 18.3 Å². The van der Waals surface area contributed by atoms with Gasteiger partial charge in [0.1, 0.15) is 4.21 Å². The zero-order chi connectivity index (χ0) is 18.2. The lowest BCUT2D eigenvalue weighted by molar-refractivity contribution is -0.295. The molecule has 1 aromatic rings. The van der Waals surface area contributed by atoms with Crippen molar-refractivity contribution in [3.63, 3.8) is 0 Å². The molecule has 1 rings (SSSR count). The third-order valence-electron chi connectivity index (χ3n) is 2.69. The molecule has 1 aromatic heterocycles. The Morgan fingerprint density at radius 1 is 1.17 bits per heavy atom. The lowest BCUT2D eigenvalue weighted by Gasteiger charge is -2.32. The zero-order valence-electron chi connectivity index (χ0n) is 11.1. The second-order valence-corrected chi connectivity index (χ2v) is 8.16. The highest BCUT2D eigenvalue weighted by molar-refractivity contribution is 7.91. The van der Waals surface area contributed by atoms with Crippen molar-refractivity contribution in [1.29, 1.82) is 0 Å². The predicted octanol–water partition coefficient (Wildman–Crippen LogP) is 3.17. The standard InChI is InChI=1S/C10H10ClF6NO3S2/c1-4(19)7(8(9(12,13)14)10(15,16)17)18-23(20,21)6-3-2-5(11)22-6/h2-4,7-8,18-19H,1H3/t4-,7?/m1/s1. The fourth-order valence-corrected chi connectivity index (χ4v) is 4.54. The van der Waals surface area contributed by atoms with Gasteiger partial charge >= 0.3 is 12.4 Å². The molecule has 23 heavy (non-hydrogen) atoms. The van der Waals surface area contributed by atoms with E-state index in [2.05, 4.69) is 0 Å². The van der Waals surface area contributed by atoms with E-state index in [9.17, 15) is 39.9 Å². The van der Waals surface area contributed by atoms with Crippen molar-refractivity contribution in [1.82, 2.24) is 4.72 Å². The molecule has 0 bridgehead atoms. The largest absolute Gasteiger partial charge is 0.402 e. The molecule has 2 atom stereocenters. The number of thiophene rings is 1. The average molecular weight is 406 g/mol. The summed E-state index contributed by atoms with van der Waals surface area (Å²) in [5.74, 6) is -4.07. The molecule has 1 unspecified atom stereocenters. The van der Waals surface area contributed by atoms with Crippen LogP contribution in [-0.4, -0.2) is 38.0 Å². The molecule has 0 fully saturated rings. The first-order valence-corrected chi connectivity index (χ1v) is 8.43. The minimum Gasteiger partial charge on any atom is -0.392 e. The molecule has 0 amide bonds. The Morgan fingerprint density at radius 3 is 1.96 bits per heavy atom. The zero-order valence-corrected chi connectivity index (χ0v) is 13.5. The van der Waals surface area contributed by atoms with Gasteiger partial charge in [0, 0.05) is 0 Å². The number of rotatable bonds is 5. The van der Waals surface area contributed by atoms with Crippen LogP contribution in [0.15, 0.2) is 16.3 Å². The molecule has 2 N–H and O–H groups in total. The first-order chi connectivity index (χ1) is 10.2. The van der Waals surface area contributed by atoms with Crippen LogP contribution in [0.5, 0.6) is 0 Å². The quantitative estimate of drug-likeness (QED) is 0.739. The molecule has 0 aromatic carbocycles. The van der Waals surface area contributed by atoms with Crippen molar-refractivity contribution < 1.29 is 39.9 Å². The van der Waals surface area contributed by atoms with Crippen molar-refractivity contribution in [3.8, 4) is 0 Å². The first kappa shape index (κ1) is 20.5. The van der Waals surface area contributed by atoms with Crippen LogP contribution >= 0.6 is 22.9 Å². The highest BCUT2D eigenvalue weighted by atomic mass is 35.5. The SMILES string of the molecule is C[C@@H](O)C(NS(=O)(=O)c1ccc(Cl)s1)C(C(F)(F)F)C(F)(F)F. The van der Waals surface area contributed by atoms with Crippen LogP contribution < -0.4 is 4.72 Å². The molecule has 13 heteroatoms. The molecule has 0 saturated carbocycles. The lowest BCUT2D eigenvalue weighted by atomic mass is 9.95. The van der Waals surface area contributed by atoms with Crippen LogP contribution in [0, 0.1) is 5.92 Å². The molecular weight excluding hydrogens is 396 g/mol. The summed E-state index contributed by atoms with van der Waals surface area (Å²) >= 11 is 5.94. The summed E-state index contributed by atoms with van der Waals surface area (Å²) in [6.45, 7) is 0.624. The molecule has 0 aliphatic rings. The Labute approximate surface area is 136 Å². The van der Waals surface area contributed by atoms with Gasteiger partial charge in [0.25, 0.3) is 0 Å². The summed E-state index contributed by atoms with van der Waals surface area (Å²) in [6, 6.07) is -0.811. The van der Waals surface area contributed by atoms with E-state index in [4.69, 9.17) is 11.6 Å². The van der Waals surface area contributed by atoms with Crippen LogP contribution in [0.4, 0.5) is 26.3 Å². The summed E-state index contributed by atoms with van der Waals surface area (Å²) in [5.41, 5.74) is 0. The van der Waals surface area contributed by atoms with Crippen LogP contribution in [0.1, 0.15) is 6.92 Å². The van der Waals surface area contributed by atoms with Gasteiger partial charge < -0.3 is 5.11 Å². The monoisotopic (exact) mass is 405 g/mol. The van der Waals surface area contributed by atoms with Gasteiger partial charge in [-0.2, -0.15) is 26.3 Å². The van der Waals surface area contributed by atoms with E-state index in [1.54, 1.807) is 0 Å². The van der Waals surface area contributed by atoms with Crippen molar-refractivity contribution in [3.05, 3.63) is 16.5 Å². The summed E-state index contributed by atoms with van der Waals surface area (Å²) in [7, 11) is -4.73. The molecule has 0 spiro atoms. The number of hydrogen-bond donors (Lipinski definition) is 2. The lowest BCUT2D eigenvalue weighted by Crippen LogP contribution is -2.56. The number of aliphatic hydroxyl groups is 1. The third-order valence-corrected chi connectivity index (χ3v) is 5.87. The van der Waals surface area contributed by atoms with Gasteiger partial charge in [0.2, 0.25) is 10.0 Å². The first-order valence-electron chi connectivity index (χ1n) is 5.75. The number of hydrogen-bond acceptors (Lipinski definition) is 4. The molecule has 1 heterocycles. The maximum absolute atomic E-state index is 12.7.